The number of Topliss-reactive ketones (excluding diaryl/α,β-unsaturated/α-hetero) is 1. The number of carbonyl (C=O) groups is 2. The number of hydrogen-bond acceptors (Lipinski definition) is 7. The Morgan fingerprint density at radius 3 is 2.54 bits per heavy atom. The lowest BCUT2D eigenvalue weighted by Crippen LogP contribution is -2.15. The summed E-state index contributed by atoms with van der Waals surface area (Å²) in [6.45, 7) is 1.64. The van der Waals surface area contributed by atoms with E-state index in [2.05, 4.69) is 4.98 Å². The minimum atomic E-state index is -0.506. The minimum Gasteiger partial charge on any atom is -0.497 e. The third kappa shape index (κ3) is 5.21. The Kier molecular flexibility index (Phi) is 6.84. The summed E-state index contributed by atoms with van der Waals surface area (Å²) in [5, 5.41) is 1.99. The largest absolute Gasteiger partial charge is 0.497 e. The molecule has 7 heteroatoms. The molecule has 0 aliphatic rings. The fourth-order valence-corrected chi connectivity index (χ4v) is 4.31. The van der Waals surface area contributed by atoms with Crippen molar-refractivity contribution in [1.82, 2.24) is 4.98 Å². The van der Waals surface area contributed by atoms with Crippen molar-refractivity contribution in [2.24, 2.45) is 0 Å². The highest BCUT2D eigenvalue weighted by Crippen LogP contribution is 2.27. The first-order chi connectivity index (χ1) is 13.6. The van der Waals surface area contributed by atoms with Crippen LogP contribution >= 0.6 is 23.1 Å². The van der Waals surface area contributed by atoms with Gasteiger partial charge in [-0.3, -0.25) is 4.79 Å². The number of rotatable bonds is 8. The number of esters is 1. The van der Waals surface area contributed by atoms with Crippen molar-refractivity contribution in [3.05, 3.63) is 76.3 Å². The number of aryl methyl sites for hydroxylation is 1. The van der Waals surface area contributed by atoms with Gasteiger partial charge in [0, 0.05) is 22.4 Å². The highest BCUT2D eigenvalue weighted by atomic mass is 32.2. The van der Waals surface area contributed by atoms with Crippen LogP contribution in [-0.2, 0) is 10.5 Å². The number of nitrogens with zero attached hydrogens (tertiary/aromatic N) is 1. The van der Waals surface area contributed by atoms with Crippen molar-refractivity contribution in [3.8, 4) is 5.75 Å². The lowest BCUT2D eigenvalue weighted by Gasteiger charge is -2.09. The van der Waals surface area contributed by atoms with Gasteiger partial charge in [0.15, 0.2) is 12.4 Å². The quantitative estimate of drug-likeness (QED) is 0.300. The molecule has 0 N–H and O–H groups in total. The van der Waals surface area contributed by atoms with Crippen LogP contribution in [0.3, 0.4) is 0 Å². The molecule has 0 unspecified atom stereocenters. The van der Waals surface area contributed by atoms with Crippen LogP contribution in [0.2, 0.25) is 0 Å². The number of thioether (sulfide) groups is 1. The molecule has 0 atom stereocenters. The molecule has 3 aromatic rings. The van der Waals surface area contributed by atoms with Gasteiger partial charge in [0.1, 0.15) is 10.1 Å². The first kappa shape index (κ1) is 20.1. The van der Waals surface area contributed by atoms with Crippen LogP contribution in [0.4, 0.5) is 0 Å². The Bertz CT molecular complexity index is 967. The number of ether oxygens (including phenoxy) is 2. The van der Waals surface area contributed by atoms with Crippen molar-refractivity contribution >= 4 is 34.9 Å². The molecule has 1 heterocycles. The van der Waals surface area contributed by atoms with Gasteiger partial charge in [-0.05, 0) is 42.8 Å². The maximum atomic E-state index is 12.5. The number of thiazole rings is 1. The van der Waals surface area contributed by atoms with Crippen LogP contribution in [0.1, 0.15) is 32.0 Å². The van der Waals surface area contributed by atoms with E-state index in [-0.39, 0.29) is 12.4 Å². The monoisotopic (exact) mass is 413 g/mol. The number of hydrogen-bond donors (Lipinski definition) is 0. The maximum Gasteiger partial charge on any atom is 0.338 e. The predicted molar refractivity (Wildman–Crippen MR) is 110 cm³/mol. The van der Waals surface area contributed by atoms with Crippen molar-refractivity contribution in [1.29, 1.82) is 0 Å². The van der Waals surface area contributed by atoms with Gasteiger partial charge in [0.2, 0.25) is 0 Å². The highest BCUT2D eigenvalue weighted by Gasteiger charge is 2.15. The Morgan fingerprint density at radius 2 is 1.86 bits per heavy atom. The van der Waals surface area contributed by atoms with Gasteiger partial charge < -0.3 is 9.47 Å². The van der Waals surface area contributed by atoms with Gasteiger partial charge in [0.05, 0.1) is 12.7 Å². The van der Waals surface area contributed by atoms with Crippen LogP contribution in [0.25, 0.3) is 0 Å². The van der Waals surface area contributed by atoms with Crippen LogP contribution in [0, 0.1) is 6.92 Å². The number of ketones is 1. The van der Waals surface area contributed by atoms with E-state index in [1.54, 1.807) is 66.6 Å². The zero-order valence-electron chi connectivity index (χ0n) is 15.5. The van der Waals surface area contributed by atoms with Crippen molar-refractivity contribution in [3.63, 3.8) is 0 Å². The fourth-order valence-electron chi connectivity index (χ4n) is 2.45. The summed E-state index contributed by atoms with van der Waals surface area (Å²) in [6, 6.07) is 13.9. The number of methoxy groups -OCH3 is 1. The molecular formula is C21H19NO4S2. The van der Waals surface area contributed by atoms with Gasteiger partial charge in [-0.2, -0.15) is 0 Å². The summed E-state index contributed by atoms with van der Waals surface area (Å²) < 4.78 is 11.3. The Balaban J connectivity index is 1.61. The fraction of sp³-hybridized carbons (Fsp3) is 0.190. The number of carbonyl (C=O) groups excluding carboxylic acids is 2. The standard InChI is InChI=1S/C21H19NO4S2/c1-14-12-27-21(22-14)28-13-16-5-3-4-6-18(16)20(24)26-11-19(23)15-7-9-17(25-2)10-8-15/h3-10,12H,11,13H2,1-2H3. The average molecular weight is 414 g/mol. The first-order valence-corrected chi connectivity index (χ1v) is 10.4. The second-order valence-corrected chi connectivity index (χ2v) is 8.01. The van der Waals surface area contributed by atoms with Crippen LogP contribution in [0.5, 0.6) is 5.75 Å². The van der Waals surface area contributed by atoms with Crippen molar-refractivity contribution < 1.29 is 19.1 Å². The lowest BCUT2D eigenvalue weighted by atomic mass is 10.1. The third-order valence-corrected chi connectivity index (χ3v) is 6.12. The summed E-state index contributed by atoms with van der Waals surface area (Å²) in [5.74, 6) is 0.495. The van der Waals surface area contributed by atoms with E-state index in [9.17, 15) is 9.59 Å². The molecule has 0 fully saturated rings. The Labute approximate surface area is 171 Å². The lowest BCUT2D eigenvalue weighted by molar-refractivity contribution is 0.0474. The topological polar surface area (TPSA) is 65.5 Å². The molecule has 2 aromatic carbocycles. The normalized spacial score (nSPS) is 10.5. The smallest absolute Gasteiger partial charge is 0.338 e. The Morgan fingerprint density at radius 1 is 1.11 bits per heavy atom. The van der Waals surface area contributed by atoms with Gasteiger partial charge in [-0.1, -0.05) is 30.0 Å². The minimum absolute atomic E-state index is 0.263. The SMILES string of the molecule is COc1ccc(C(=O)COC(=O)c2ccccc2CSc2nc(C)cs2)cc1. The van der Waals surface area contributed by atoms with E-state index in [1.165, 1.54) is 0 Å². The second-order valence-electron chi connectivity index (χ2n) is 5.93. The highest BCUT2D eigenvalue weighted by molar-refractivity contribution is 8.00. The molecule has 0 saturated carbocycles. The zero-order valence-corrected chi connectivity index (χ0v) is 17.1. The molecule has 0 aliphatic carbocycles. The molecule has 3 rings (SSSR count). The summed E-state index contributed by atoms with van der Waals surface area (Å²) in [5.41, 5.74) is 2.77. The molecule has 5 nitrogen and oxygen atoms in total. The summed E-state index contributed by atoms with van der Waals surface area (Å²) in [7, 11) is 1.56. The first-order valence-electron chi connectivity index (χ1n) is 8.54. The molecule has 28 heavy (non-hydrogen) atoms. The van der Waals surface area contributed by atoms with Crippen LogP contribution in [-0.4, -0.2) is 30.5 Å². The third-order valence-electron chi connectivity index (χ3n) is 3.93. The van der Waals surface area contributed by atoms with Gasteiger partial charge in [0.25, 0.3) is 0 Å². The van der Waals surface area contributed by atoms with E-state index in [0.717, 1.165) is 15.6 Å². The maximum absolute atomic E-state index is 12.5. The summed E-state index contributed by atoms with van der Waals surface area (Å²) in [4.78, 5) is 29.2. The molecule has 0 bridgehead atoms. The number of aromatic nitrogens is 1. The zero-order chi connectivity index (χ0) is 19.9. The van der Waals surface area contributed by atoms with Crippen LogP contribution < -0.4 is 4.74 Å². The average Bonchev–Trinajstić information content (AvgIpc) is 3.15. The van der Waals surface area contributed by atoms with E-state index in [4.69, 9.17) is 9.47 Å². The molecule has 0 saturated heterocycles. The van der Waals surface area contributed by atoms with Crippen molar-refractivity contribution in [2.45, 2.75) is 17.0 Å². The van der Waals surface area contributed by atoms with E-state index in [1.807, 2.05) is 24.4 Å². The van der Waals surface area contributed by atoms with Gasteiger partial charge in [-0.25, -0.2) is 9.78 Å². The van der Waals surface area contributed by atoms with Crippen LogP contribution in [0.15, 0.2) is 58.3 Å². The molecule has 0 spiro atoms. The van der Waals surface area contributed by atoms with E-state index < -0.39 is 5.97 Å². The van der Waals surface area contributed by atoms with Gasteiger partial charge in [-0.15, -0.1) is 11.3 Å². The Hall–Kier alpha value is -2.64. The molecule has 1 aromatic heterocycles. The van der Waals surface area contributed by atoms with E-state index >= 15 is 0 Å². The van der Waals surface area contributed by atoms with E-state index in [0.29, 0.717) is 22.6 Å². The molecule has 0 radical (unpaired) electrons. The molecular weight excluding hydrogens is 394 g/mol. The second kappa shape index (κ2) is 9.52. The molecule has 0 amide bonds. The molecule has 0 aliphatic heterocycles. The summed E-state index contributed by atoms with van der Waals surface area (Å²) in [6.07, 6.45) is 0. The van der Waals surface area contributed by atoms with Gasteiger partial charge >= 0.3 is 5.97 Å². The predicted octanol–water partition coefficient (Wildman–Crippen LogP) is 4.79. The number of benzene rings is 2. The molecule has 144 valence electrons. The summed E-state index contributed by atoms with van der Waals surface area (Å²) >= 11 is 3.15. The van der Waals surface area contributed by atoms with Crippen molar-refractivity contribution in [2.75, 3.05) is 13.7 Å².